The van der Waals surface area contributed by atoms with E-state index in [1.165, 1.54) is 16.7 Å². The number of hydrogen-bond acceptors (Lipinski definition) is 1. The van der Waals surface area contributed by atoms with E-state index in [1.54, 1.807) is 0 Å². The lowest BCUT2D eigenvalue weighted by molar-refractivity contribution is 1.31. The summed E-state index contributed by atoms with van der Waals surface area (Å²) in [6.07, 6.45) is 11.6. The fourth-order valence-electron chi connectivity index (χ4n) is 2.52. The Morgan fingerprint density at radius 3 is 1.92 bits per heavy atom. The third-order valence-electron chi connectivity index (χ3n) is 3.68. The van der Waals surface area contributed by atoms with Crippen LogP contribution < -0.4 is 5.73 Å². The number of nitrogens with two attached hydrogens (primary N) is 1. The average molecular weight is 315 g/mol. The molecule has 0 unspecified atom stereocenters. The van der Waals surface area contributed by atoms with Crippen LogP contribution in [0, 0.1) is 0 Å². The molecule has 0 saturated carbocycles. The Hall–Kier alpha value is -2.80. The third kappa shape index (κ3) is 5.44. The van der Waals surface area contributed by atoms with E-state index < -0.39 is 0 Å². The van der Waals surface area contributed by atoms with Gasteiger partial charge in [-0.3, -0.25) is 0 Å². The first-order valence-corrected chi connectivity index (χ1v) is 8.28. The predicted molar refractivity (Wildman–Crippen MR) is 106 cm³/mol. The van der Waals surface area contributed by atoms with Gasteiger partial charge in [-0.15, -0.1) is 0 Å². The molecule has 0 aliphatic carbocycles. The van der Waals surface area contributed by atoms with E-state index >= 15 is 0 Å². The molecule has 0 heterocycles. The van der Waals surface area contributed by atoms with Gasteiger partial charge in [0.1, 0.15) is 0 Å². The topological polar surface area (TPSA) is 26.0 Å². The Labute approximate surface area is 145 Å². The summed E-state index contributed by atoms with van der Waals surface area (Å²) in [6, 6.07) is 20.8. The summed E-state index contributed by atoms with van der Waals surface area (Å²) in [4.78, 5) is 0. The summed E-state index contributed by atoms with van der Waals surface area (Å²) in [6.45, 7) is 3.98. The van der Waals surface area contributed by atoms with E-state index in [2.05, 4.69) is 67.6 Å². The zero-order chi connectivity index (χ0) is 17.2. The smallest absolute Gasteiger partial charge is 0.00549 e. The fourth-order valence-corrected chi connectivity index (χ4v) is 2.52. The first-order valence-electron chi connectivity index (χ1n) is 8.28. The van der Waals surface area contributed by atoms with Gasteiger partial charge in [0.15, 0.2) is 0 Å². The summed E-state index contributed by atoms with van der Waals surface area (Å²) >= 11 is 0. The summed E-state index contributed by atoms with van der Waals surface area (Å²) in [5, 5.41) is 0. The Bertz CT molecular complexity index is 743. The monoisotopic (exact) mass is 315 g/mol. The normalized spacial score (nSPS) is 13.5. The standard InChI is InChI=1S/C23H25N/c1-3-20(21-13-6-4-7-14-21)12-10-11-17-23(18-19(2)24)22-15-8-5-9-16-22/h3-10,12-18H,11,24H2,1-2H3/b12-10-,19-18-,20-3+,23-17+. The van der Waals surface area contributed by atoms with E-state index in [-0.39, 0.29) is 0 Å². The largest absolute Gasteiger partial charge is 0.402 e. The van der Waals surface area contributed by atoms with Crippen LogP contribution in [-0.4, -0.2) is 0 Å². The Kier molecular flexibility index (Phi) is 6.85. The van der Waals surface area contributed by atoms with E-state index in [9.17, 15) is 0 Å². The molecule has 0 spiro atoms. The molecule has 0 amide bonds. The second kappa shape index (κ2) is 9.36. The summed E-state index contributed by atoms with van der Waals surface area (Å²) in [7, 11) is 0. The van der Waals surface area contributed by atoms with Gasteiger partial charge in [0.2, 0.25) is 0 Å². The van der Waals surface area contributed by atoms with Crippen molar-refractivity contribution in [1.29, 1.82) is 0 Å². The van der Waals surface area contributed by atoms with E-state index in [4.69, 9.17) is 5.73 Å². The second-order valence-electron chi connectivity index (χ2n) is 5.66. The summed E-state index contributed by atoms with van der Waals surface area (Å²) in [5.41, 5.74) is 11.5. The summed E-state index contributed by atoms with van der Waals surface area (Å²) < 4.78 is 0. The van der Waals surface area contributed by atoms with Crippen LogP contribution in [0.3, 0.4) is 0 Å². The highest BCUT2D eigenvalue weighted by Crippen LogP contribution is 2.19. The van der Waals surface area contributed by atoms with Gasteiger partial charge in [0.05, 0.1) is 0 Å². The first kappa shape index (κ1) is 17.6. The molecule has 2 aromatic rings. The molecule has 1 nitrogen and oxygen atoms in total. The second-order valence-corrected chi connectivity index (χ2v) is 5.66. The van der Waals surface area contributed by atoms with Crippen molar-refractivity contribution in [3.05, 3.63) is 108 Å². The first-order chi connectivity index (χ1) is 11.7. The minimum Gasteiger partial charge on any atom is -0.402 e. The molecule has 0 aliphatic rings. The van der Waals surface area contributed by atoms with Gasteiger partial charge < -0.3 is 5.73 Å². The minimum absolute atomic E-state index is 0.813. The zero-order valence-electron chi connectivity index (χ0n) is 14.4. The Morgan fingerprint density at radius 2 is 1.42 bits per heavy atom. The van der Waals surface area contributed by atoms with Crippen LogP contribution in [-0.2, 0) is 0 Å². The Morgan fingerprint density at radius 1 is 0.875 bits per heavy atom. The van der Waals surface area contributed by atoms with Crippen molar-refractivity contribution in [2.24, 2.45) is 5.73 Å². The number of hydrogen-bond donors (Lipinski definition) is 1. The van der Waals surface area contributed by atoms with Gasteiger partial charge in [-0.2, -0.15) is 0 Å². The quantitative estimate of drug-likeness (QED) is 0.652. The van der Waals surface area contributed by atoms with Crippen LogP contribution in [0.4, 0.5) is 0 Å². The van der Waals surface area contributed by atoms with Gasteiger partial charge >= 0.3 is 0 Å². The molecule has 0 bridgehead atoms. The van der Waals surface area contributed by atoms with Gasteiger partial charge in [-0.25, -0.2) is 0 Å². The van der Waals surface area contributed by atoms with Crippen LogP contribution in [0.5, 0.6) is 0 Å². The van der Waals surface area contributed by atoms with Crippen LogP contribution in [0.1, 0.15) is 31.4 Å². The molecule has 0 radical (unpaired) electrons. The molecular formula is C23H25N. The highest BCUT2D eigenvalue weighted by atomic mass is 14.5. The lowest BCUT2D eigenvalue weighted by Gasteiger charge is -2.04. The van der Waals surface area contributed by atoms with E-state index in [1.807, 2.05) is 37.3 Å². The van der Waals surface area contributed by atoms with Crippen molar-refractivity contribution in [2.75, 3.05) is 0 Å². The van der Waals surface area contributed by atoms with Crippen molar-refractivity contribution >= 4 is 11.1 Å². The number of allylic oxidation sites excluding steroid dienone is 8. The molecule has 0 fully saturated rings. The molecule has 2 rings (SSSR count). The predicted octanol–water partition coefficient (Wildman–Crippen LogP) is 5.98. The van der Waals surface area contributed by atoms with Gasteiger partial charge in [0.25, 0.3) is 0 Å². The van der Waals surface area contributed by atoms with Crippen molar-refractivity contribution in [3.8, 4) is 0 Å². The highest BCUT2D eigenvalue weighted by Gasteiger charge is 1.98. The van der Waals surface area contributed by atoms with Crippen LogP contribution in [0.15, 0.2) is 96.7 Å². The summed E-state index contributed by atoms with van der Waals surface area (Å²) in [5.74, 6) is 0. The van der Waals surface area contributed by atoms with Crippen molar-refractivity contribution in [2.45, 2.75) is 20.3 Å². The van der Waals surface area contributed by atoms with Crippen molar-refractivity contribution in [3.63, 3.8) is 0 Å². The van der Waals surface area contributed by atoms with Gasteiger partial charge in [-0.05, 0) is 48.6 Å². The molecular weight excluding hydrogens is 290 g/mol. The van der Waals surface area contributed by atoms with Gasteiger partial charge in [-0.1, -0.05) is 85.0 Å². The van der Waals surface area contributed by atoms with Crippen molar-refractivity contribution < 1.29 is 0 Å². The molecule has 0 aliphatic heterocycles. The minimum atomic E-state index is 0.813. The Balaban J connectivity index is 2.13. The molecule has 2 aromatic carbocycles. The van der Waals surface area contributed by atoms with Crippen LogP contribution in [0.25, 0.3) is 11.1 Å². The maximum absolute atomic E-state index is 5.87. The lowest BCUT2D eigenvalue weighted by atomic mass is 10.0. The van der Waals surface area contributed by atoms with E-state index in [0.717, 1.165) is 17.7 Å². The molecule has 24 heavy (non-hydrogen) atoms. The lowest BCUT2D eigenvalue weighted by Crippen LogP contribution is -1.91. The molecule has 0 saturated heterocycles. The molecule has 122 valence electrons. The van der Waals surface area contributed by atoms with Gasteiger partial charge in [0, 0.05) is 5.70 Å². The van der Waals surface area contributed by atoms with E-state index in [0.29, 0.717) is 0 Å². The molecule has 0 aromatic heterocycles. The molecule has 0 atom stereocenters. The molecule has 2 N–H and O–H groups in total. The van der Waals surface area contributed by atoms with Crippen LogP contribution in [0.2, 0.25) is 0 Å². The SMILES string of the molecule is C/C=C(\C=C/C/C=C(\C=C(\C)N)c1ccccc1)c1ccccc1. The fraction of sp³-hybridized carbons (Fsp3) is 0.130. The number of rotatable bonds is 6. The number of benzene rings is 2. The third-order valence-corrected chi connectivity index (χ3v) is 3.68. The highest BCUT2D eigenvalue weighted by molar-refractivity contribution is 5.75. The van der Waals surface area contributed by atoms with Crippen LogP contribution >= 0.6 is 0 Å². The molecule has 1 heteroatoms. The van der Waals surface area contributed by atoms with Crippen molar-refractivity contribution in [1.82, 2.24) is 0 Å². The average Bonchev–Trinajstić information content (AvgIpc) is 2.62. The maximum atomic E-state index is 5.87. The zero-order valence-corrected chi connectivity index (χ0v) is 14.4. The maximum Gasteiger partial charge on any atom is 0.00549 e.